The maximum absolute atomic E-state index is 5.04. The molecule has 0 aliphatic carbocycles. The van der Waals surface area contributed by atoms with Gasteiger partial charge in [0.1, 0.15) is 0 Å². The molecule has 72 valence electrons. The fraction of sp³-hybridized carbons (Fsp3) is 0.800. The minimum Gasteiger partial charge on any atom is -0.384 e. The lowest BCUT2D eigenvalue weighted by Crippen LogP contribution is -2.15. The van der Waals surface area contributed by atoms with Crippen molar-refractivity contribution in [3.8, 4) is 0 Å². The van der Waals surface area contributed by atoms with Gasteiger partial charge in [0.25, 0.3) is 0 Å². The number of hydrogen-bond donors (Lipinski definition) is 1. The molecule has 0 aliphatic rings. The van der Waals surface area contributed by atoms with E-state index in [1.165, 1.54) is 5.57 Å². The Morgan fingerprint density at radius 2 is 2.25 bits per heavy atom. The molecule has 0 radical (unpaired) electrons. The van der Waals surface area contributed by atoms with Gasteiger partial charge in [-0.25, -0.2) is 0 Å². The van der Waals surface area contributed by atoms with Gasteiger partial charge >= 0.3 is 0 Å². The van der Waals surface area contributed by atoms with Gasteiger partial charge in [-0.15, -0.1) is 0 Å². The van der Waals surface area contributed by atoms with E-state index < -0.39 is 0 Å². The topological polar surface area (TPSA) is 21.3 Å². The molecule has 2 nitrogen and oxygen atoms in total. The highest BCUT2D eigenvalue weighted by molar-refractivity contribution is 5.02. The Bertz CT molecular complexity index is 132. The van der Waals surface area contributed by atoms with Gasteiger partial charge in [0.05, 0.1) is 6.61 Å². The number of rotatable bonds is 6. The number of ether oxygens (including phenoxy) is 1. The van der Waals surface area contributed by atoms with Crippen molar-refractivity contribution in [3.63, 3.8) is 0 Å². The van der Waals surface area contributed by atoms with Crippen molar-refractivity contribution in [2.45, 2.75) is 20.8 Å². The van der Waals surface area contributed by atoms with Crippen molar-refractivity contribution in [1.82, 2.24) is 5.32 Å². The van der Waals surface area contributed by atoms with Gasteiger partial charge in [0, 0.05) is 13.7 Å². The first kappa shape index (κ1) is 11.7. The third-order valence-electron chi connectivity index (χ3n) is 1.65. The van der Waals surface area contributed by atoms with Crippen LogP contribution in [0.15, 0.2) is 11.6 Å². The molecule has 0 spiro atoms. The summed E-state index contributed by atoms with van der Waals surface area (Å²) in [6.45, 7) is 9.26. The molecule has 0 aromatic heterocycles. The van der Waals surface area contributed by atoms with Gasteiger partial charge in [-0.3, -0.25) is 0 Å². The summed E-state index contributed by atoms with van der Waals surface area (Å²) < 4.78 is 5.04. The highest BCUT2D eigenvalue weighted by Gasteiger charge is 1.96. The molecule has 0 saturated carbocycles. The Labute approximate surface area is 76.0 Å². The van der Waals surface area contributed by atoms with E-state index in [0.29, 0.717) is 5.92 Å². The molecule has 12 heavy (non-hydrogen) atoms. The lowest BCUT2D eigenvalue weighted by molar-refractivity contribution is 0.176. The van der Waals surface area contributed by atoms with Crippen LogP contribution in [0.4, 0.5) is 0 Å². The van der Waals surface area contributed by atoms with Crippen LogP contribution in [-0.2, 0) is 4.74 Å². The van der Waals surface area contributed by atoms with Crippen LogP contribution >= 0.6 is 0 Å². The fourth-order valence-corrected chi connectivity index (χ4v) is 1.18. The minimum atomic E-state index is 0.522. The van der Waals surface area contributed by atoms with E-state index in [1.54, 1.807) is 7.11 Å². The van der Waals surface area contributed by atoms with Gasteiger partial charge in [0.2, 0.25) is 0 Å². The van der Waals surface area contributed by atoms with Gasteiger partial charge in [-0.05, 0) is 19.4 Å². The molecule has 0 saturated heterocycles. The predicted octanol–water partition coefficient (Wildman–Crippen LogP) is 1.82. The highest BCUT2D eigenvalue weighted by Crippen LogP contribution is 2.01. The fourth-order valence-electron chi connectivity index (χ4n) is 1.18. The van der Waals surface area contributed by atoms with E-state index in [-0.39, 0.29) is 0 Å². The largest absolute Gasteiger partial charge is 0.384 e. The van der Waals surface area contributed by atoms with Crippen molar-refractivity contribution in [1.29, 1.82) is 0 Å². The van der Waals surface area contributed by atoms with Gasteiger partial charge in [0.15, 0.2) is 0 Å². The molecule has 0 heterocycles. The zero-order chi connectivity index (χ0) is 9.40. The van der Waals surface area contributed by atoms with E-state index in [9.17, 15) is 0 Å². The van der Waals surface area contributed by atoms with E-state index in [1.807, 2.05) is 0 Å². The summed E-state index contributed by atoms with van der Waals surface area (Å²) in [5.41, 5.74) is 1.39. The zero-order valence-corrected chi connectivity index (χ0v) is 8.68. The predicted molar refractivity (Wildman–Crippen MR) is 53.3 cm³/mol. The second-order valence-electron chi connectivity index (χ2n) is 3.23. The lowest BCUT2D eigenvalue weighted by atomic mass is 10.1. The third kappa shape index (κ3) is 6.38. The van der Waals surface area contributed by atoms with Crippen LogP contribution in [0.2, 0.25) is 0 Å². The zero-order valence-electron chi connectivity index (χ0n) is 8.68. The summed E-state index contributed by atoms with van der Waals surface area (Å²) in [7, 11) is 1.74. The summed E-state index contributed by atoms with van der Waals surface area (Å²) in [5.74, 6) is 0.522. The Kier molecular flexibility index (Phi) is 7.11. The van der Waals surface area contributed by atoms with Gasteiger partial charge < -0.3 is 10.1 Å². The molecule has 0 fully saturated rings. The highest BCUT2D eigenvalue weighted by atomic mass is 16.5. The number of methoxy groups -OCH3 is 1. The second kappa shape index (κ2) is 7.32. The first-order valence-corrected chi connectivity index (χ1v) is 4.57. The van der Waals surface area contributed by atoms with Gasteiger partial charge in [-0.1, -0.05) is 25.5 Å². The standard InChI is InChI=1S/C10H21NO/c1-5-11-7-9(2)6-10(3)8-12-4/h6,10-11H,5,7-8H2,1-4H3. The Morgan fingerprint density at radius 3 is 2.75 bits per heavy atom. The molecule has 2 heteroatoms. The smallest absolute Gasteiger partial charge is 0.0522 e. The summed E-state index contributed by atoms with van der Waals surface area (Å²) >= 11 is 0. The van der Waals surface area contributed by atoms with E-state index in [2.05, 4.69) is 32.2 Å². The van der Waals surface area contributed by atoms with Crippen LogP contribution in [0.1, 0.15) is 20.8 Å². The normalized spacial score (nSPS) is 14.8. The molecule has 0 aromatic carbocycles. The summed E-state index contributed by atoms with van der Waals surface area (Å²) in [4.78, 5) is 0. The van der Waals surface area contributed by atoms with Crippen LogP contribution < -0.4 is 5.32 Å². The quantitative estimate of drug-likeness (QED) is 0.616. The molecule has 0 rings (SSSR count). The van der Waals surface area contributed by atoms with Crippen LogP contribution in [0.5, 0.6) is 0 Å². The molecular formula is C10H21NO. The van der Waals surface area contributed by atoms with Gasteiger partial charge in [-0.2, -0.15) is 0 Å². The molecule has 0 amide bonds. The molecular weight excluding hydrogens is 150 g/mol. The number of likely N-dealkylation sites (N-methyl/N-ethyl adjacent to an activating group) is 1. The number of nitrogens with one attached hydrogen (secondary N) is 1. The van der Waals surface area contributed by atoms with Crippen LogP contribution in [0.25, 0.3) is 0 Å². The first-order valence-electron chi connectivity index (χ1n) is 4.57. The molecule has 0 aliphatic heterocycles. The molecule has 1 unspecified atom stereocenters. The van der Waals surface area contributed by atoms with Crippen molar-refractivity contribution in [2.24, 2.45) is 5.92 Å². The second-order valence-corrected chi connectivity index (χ2v) is 3.23. The summed E-state index contributed by atoms with van der Waals surface area (Å²) in [6, 6.07) is 0. The van der Waals surface area contributed by atoms with Crippen LogP contribution in [-0.4, -0.2) is 26.8 Å². The Morgan fingerprint density at radius 1 is 1.58 bits per heavy atom. The Balaban J connectivity index is 3.64. The minimum absolute atomic E-state index is 0.522. The molecule has 0 bridgehead atoms. The van der Waals surface area contributed by atoms with E-state index >= 15 is 0 Å². The Hall–Kier alpha value is -0.340. The maximum atomic E-state index is 5.04. The van der Waals surface area contributed by atoms with E-state index in [0.717, 1.165) is 19.7 Å². The molecule has 0 aromatic rings. The van der Waals surface area contributed by atoms with Crippen LogP contribution in [0.3, 0.4) is 0 Å². The summed E-state index contributed by atoms with van der Waals surface area (Å²) in [6.07, 6.45) is 2.26. The van der Waals surface area contributed by atoms with Crippen molar-refractivity contribution < 1.29 is 4.74 Å². The third-order valence-corrected chi connectivity index (χ3v) is 1.65. The average Bonchev–Trinajstić information content (AvgIpc) is 2.01. The molecule has 1 atom stereocenters. The van der Waals surface area contributed by atoms with Crippen molar-refractivity contribution >= 4 is 0 Å². The number of hydrogen-bond acceptors (Lipinski definition) is 2. The van der Waals surface area contributed by atoms with Crippen molar-refractivity contribution in [3.05, 3.63) is 11.6 Å². The first-order chi connectivity index (χ1) is 5.70. The average molecular weight is 171 g/mol. The van der Waals surface area contributed by atoms with Crippen molar-refractivity contribution in [2.75, 3.05) is 26.8 Å². The van der Waals surface area contributed by atoms with E-state index in [4.69, 9.17) is 4.74 Å². The maximum Gasteiger partial charge on any atom is 0.0522 e. The summed E-state index contributed by atoms with van der Waals surface area (Å²) in [5, 5.41) is 3.29. The SMILES string of the molecule is CCNCC(C)=CC(C)COC. The lowest BCUT2D eigenvalue weighted by Gasteiger charge is -2.07. The molecule has 1 N–H and O–H groups in total. The monoisotopic (exact) mass is 171 g/mol. The van der Waals surface area contributed by atoms with Crippen LogP contribution in [0, 0.1) is 5.92 Å².